The first-order valence-corrected chi connectivity index (χ1v) is 7.17. The third-order valence-electron chi connectivity index (χ3n) is 3.08. The minimum absolute atomic E-state index is 0.0176. The maximum atomic E-state index is 12.3. The van der Waals surface area contributed by atoms with E-state index in [4.69, 9.17) is 0 Å². The van der Waals surface area contributed by atoms with Crippen LogP contribution >= 0.6 is 11.3 Å². The van der Waals surface area contributed by atoms with Crippen LogP contribution in [0, 0.1) is 6.92 Å². The van der Waals surface area contributed by atoms with E-state index in [1.165, 1.54) is 0 Å². The smallest absolute Gasteiger partial charge is 0.253 e. The zero-order valence-corrected chi connectivity index (χ0v) is 12.2. The molecule has 2 N–H and O–H groups in total. The predicted molar refractivity (Wildman–Crippen MR) is 80.9 cm³/mol. The molecule has 0 bridgehead atoms. The van der Waals surface area contributed by atoms with E-state index >= 15 is 0 Å². The molecule has 1 atom stereocenters. The number of thiophene rings is 1. The standard InChI is InChI=1S/C15H18N2OS/c1-10-4-5-14(16-3)13(8-10)15(18)17-11(2)12-6-7-19-9-12/h4-9,11,16H,1-3H3,(H,17,18). The van der Waals surface area contributed by atoms with Crippen molar-refractivity contribution >= 4 is 22.9 Å². The largest absolute Gasteiger partial charge is 0.387 e. The SMILES string of the molecule is CNc1ccc(C)cc1C(=O)NC(C)c1ccsc1. The number of benzene rings is 1. The van der Waals surface area contributed by atoms with Crippen molar-refractivity contribution in [1.29, 1.82) is 0 Å². The summed E-state index contributed by atoms with van der Waals surface area (Å²) >= 11 is 1.64. The number of carbonyl (C=O) groups is 1. The van der Waals surface area contributed by atoms with Gasteiger partial charge in [-0.1, -0.05) is 11.6 Å². The summed E-state index contributed by atoms with van der Waals surface area (Å²) in [6, 6.07) is 7.88. The molecule has 4 heteroatoms. The highest BCUT2D eigenvalue weighted by Gasteiger charge is 2.14. The Morgan fingerprint density at radius 3 is 2.74 bits per heavy atom. The molecular weight excluding hydrogens is 256 g/mol. The van der Waals surface area contributed by atoms with Crippen LogP contribution in [0.15, 0.2) is 35.0 Å². The molecule has 2 rings (SSSR count). The van der Waals surface area contributed by atoms with Gasteiger partial charge >= 0.3 is 0 Å². The van der Waals surface area contributed by atoms with Gasteiger partial charge in [0.1, 0.15) is 0 Å². The van der Waals surface area contributed by atoms with Crippen molar-refractivity contribution in [2.75, 3.05) is 12.4 Å². The monoisotopic (exact) mass is 274 g/mol. The molecule has 100 valence electrons. The molecule has 1 aromatic carbocycles. The first kappa shape index (κ1) is 13.6. The second-order valence-electron chi connectivity index (χ2n) is 4.55. The van der Waals surface area contributed by atoms with Gasteiger partial charge in [-0.25, -0.2) is 0 Å². The van der Waals surface area contributed by atoms with Crippen LogP contribution in [0.1, 0.15) is 34.5 Å². The van der Waals surface area contributed by atoms with E-state index in [1.807, 2.05) is 50.5 Å². The number of hydrogen-bond donors (Lipinski definition) is 2. The van der Waals surface area contributed by atoms with Crippen molar-refractivity contribution in [2.45, 2.75) is 19.9 Å². The number of amides is 1. The van der Waals surface area contributed by atoms with Crippen molar-refractivity contribution in [3.05, 3.63) is 51.7 Å². The van der Waals surface area contributed by atoms with Gasteiger partial charge in [0.25, 0.3) is 5.91 Å². The molecule has 1 unspecified atom stereocenters. The summed E-state index contributed by atoms with van der Waals surface area (Å²) < 4.78 is 0. The fourth-order valence-corrected chi connectivity index (χ4v) is 2.70. The summed E-state index contributed by atoms with van der Waals surface area (Å²) in [5.41, 5.74) is 3.74. The van der Waals surface area contributed by atoms with Crippen LogP contribution in [0.2, 0.25) is 0 Å². The van der Waals surface area contributed by atoms with E-state index in [-0.39, 0.29) is 11.9 Å². The van der Waals surface area contributed by atoms with E-state index in [2.05, 4.69) is 16.0 Å². The Morgan fingerprint density at radius 1 is 1.32 bits per heavy atom. The van der Waals surface area contributed by atoms with Crippen LogP contribution in [-0.2, 0) is 0 Å². The Morgan fingerprint density at radius 2 is 2.11 bits per heavy atom. The minimum Gasteiger partial charge on any atom is -0.387 e. The van der Waals surface area contributed by atoms with Gasteiger partial charge in [-0.15, -0.1) is 0 Å². The Bertz CT molecular complexity index is 564. The molecule has 1 amide bonds. The van der Waals surface area contributed by atoms with E-state index in [0.717, 1.165) is 16.8 Å². The second kappa shape index (κ2) is 5.89. The zero-order chi connectivity index (χ0) is 13.8. The highest BCUT2D eigenvalue weighted by Crippen LogP contribution is 2.20. The Balaban J connectivity index is 2.18. The van der Waals surface area contributed by atoms with Crippen LogP contribution in [-0.4, -0.2) is 13.0 Å². The van der Waals surface area contributed by atoms with E-state index < -0.39 is 0 Å². The second-order valence-corrected chi connectivity index (χ2v) is 5.33. The van der Waals surface area contributed by atoms with Crippen molar-refractivity contribution in [3.8, 4) is 0 Å². The Hall–Kier alpha value is -1.81. The van der Waals surface area contributed by atoms with E-state index in [9.17, 15) is 4.79 Å². The van der Waals surface area contributed by atoms with Gasteiger partial charge in [-0.2, -0.15) is 11.3 Å². The van der Waals surface area contributed by atoms with Gasteiger partial charge in [0, 0.05) is 12.7 Å². The molecule has 0 saturated carbocycles. The summed E-state index contributed by atoms with van der Waals surface area (Å²) in [5, 5.41) is 10.2. The van der Waals surface area contributed by atoms with Gasteiger partial charge in [0.15, 0.2) is 0 Å². The zero-order valence-electron chi connectivity index (χ0n) is 11.4. The molecule has 3 nitrogen and oxygen atoms in total. The van der Waals surface area contributed by atoms with Gasteiger partial charge < -0.3 is 10.6 Å². The molecule has 19 heavy (non-hydrogen) atoms. The van der Waals surface area contributed by atoms with Crippen molar-refractivity contribution in [1.82, 2.24) is 5.32 Å². The minimum atomic E-state index is -0.0493. The molecule has 1 aromatic heterocycles. The van der Waals surface area contributed by atoms with E-state index in [0.29, 0.717) is 5.56 Å². The lowest BCUT2D eigenvalue weighted by Crippen LogP contribution is -2.27. The molecule has 0 radical (unpaired) electrons. The summed E-state index contributed by atoms with van der Waals surface area (Å²) in [6.07, 6.45) is 0. The van der Waals surface area contributed by atoms with Crippen molar-refractivity contribution in [2.24, 2.45) is 0 Å². The molecule has 0 fully saturated rings. The summed E-state index contributed by atoms with van der Waals surface area (Å²) in [6.45, 7) is 3.98. The normalized spacial score (nSPS) is 11.9. The molecular formula is C15H18N2OS. The Labute approximate surface area is 117 Å². The van der Waals surface area contributed by atoms with Crippen LogP contribution in [0.25, 0.3) is 0 Å². The number of aryl methyl sites for hydroxylation is 1. The number of carbonyl (C=O) groups excluding carboxylic acids is 1. The molecule has 1 heterocycles. The molecule has 0 aliphatic rings. The number of hydrogen-bond acceptors (Lipinski definition) is 3. The van der Waals surface area contributed by atoms with Gasteiger partial charge in [0.05, 0.1) is 11.6 Å². The van der Waals surface area contributed by atoms with E-state index in [1.54, 1.807) is 11.3 Å². The molecule has 0 aliphatic heterocycles. The lowest BCUT2D eigenvalue weighted by Gasteiger charge is -2.15. The topological polar surface area (TPSA) is 41.1 Å². The molecule has 0 saturated heterocycles. The van der Waals surface area contributed by atoms with Crippen LogP contribution in [0.4, 0.5) is 5.69 Å². The highest BCUT2D eigenvalue weighted by atomic mass is 32.1. The first-order valence-electron chi connectivity index (χ1n) is 6.23. The first-order chi connectivity index (χ1) is 9.11. The maximum absolute atomic E-state index is 12.3. The Kier molecular flexibility index (Phi) is 4.22. The summed E-state index contributed by atoms with van der Waals surface area (Å²) in [7, 11) is 1.82. The van der Waals surface area contributed by atoms with Crippen LogP contribution in [0.5, 0.6) is 0 Å². The van der Waals surface area contributed by atoms with Crippen molar-refractivity contribution < 1.29 is 4.79 Å². The lowest BCUT2D eigenvalue weighted by atomic mass is 10.1. The van der Waals surface area contributed by atoms with Crippen LogP contribution < -0.4 is 10.6 Å². The quantitative estimate of drug-likeness (QED) is 0.894. The van der Waals surface area contributed by atoms with Gasteiger partial charge in [-0.05, 0) is 48.4 Å². The summed E-state index contributed by atoms with van der Waals surface area (Å²) in [4.78, 5) is 12.3. The number of nitrogens with one attached hydrogen (secondary N) is 2. The highest BCUT2D eigenvalue weighted by molar-refractivity contribution is 7.07. The third-order valence-corrected chi connectivity index (χ3v) is 3.78. The average molecular weight is 274 g/mol. The fourth-order valence-electron chi connectivity index (χ4n) is 1.94. The van der Waals surface area contributed by atoms with Crippen molar-refractivity contribution in [3.63, 3.8) is 0 Å². The molecule has 0 spiro atoms. The summed E-state index contributed by atoms with van der Waals surface area (Å²) in [5.74, 6) is -0.0493. The maximum Gasteiger partial charge on any atom is 0.253 e. The lowest BCUT2D eigenvalue weighted by molar-refractivity contribution is 0.0940. The predicted octanol–water partition coefficient (Wildman–Crippen LogP) is 3.59. The van der Waals surface area contributed by atoms with Gasteiger partial charge in [0.2, 0.25) is 0 Å². The molecule has 0 aliphatic carbocycles. The average Bonchev–Trinajstić information content (AvgIpc) is 2.92. The van der Waals surface area contributed by atoms with Gasteiger partial charge in [-0.3, -0.25) is 4.79 Å². The fraction of sp³-hybridized carbons (Fsp3) is 0.267. The molecule has 2 aromatic rings. The number of anilines is 1. The number of rotatable bonds is 4. The third kappa shape index (κ3) is 3.15. The van der Waals surface area contributed by atoms with Crippen LogP contribution in [0.3, 0.4) is 0 Å².